The number of anilines is 2. The van der Waals surface area contributed by atoms with Gasteiger partial charge in [-0.05, 0) is 95.9 Å². The van der Waals surface area contributed by atoms with E-state index in [1.807, 2.05) is 91.0 Å². The van der Waals surface area contributed by atoms with Gasteiger partial charge in [-0.25, -0.2) is 9.88 Å². The molecule has 11 rings (SSSR count). The lowest BCUT2D eigenvalue weighted by Crippen LogP contribution is -2.53. The van der Waals surface area contributed by atoms with Gasteiger partial charge >= 0.3 is 0 Å². The van der Waals surface area contributed by atoms with Crippen molar-refractivity contribution in [1.82, 2.24) is 4.98 Å². The van der Waals surface area contributed by atoms with Gasteiger partial charge in [0.2, 0.25) is 29.5 Å². The van der Waals surface area contributed by atoms with Crippen LogP contribution in [0, 0.1) is 23.7 Å². The van der Waals surface area contributed by atoms with Crippen LogP contribution in [0.5, 0.6) is 5.75 Å². The number of aromatic hydroxyl groups is 1. The molecule has 0 spiro atoms. The minimum atomic E-state index is -1.44. The molecule has 2 aliphatic heterocycles. The number of carbonyl (C=O) groups is 4. The molecule has 288 valence electrons. The molecule has 0 unspecified atom stereocenters. The third-order valence-corrected chi connectivity index (χ3v) is 13.3. The molecule has 4 aliphatic rings. The van der Waals surface area contributed by atoms with Gasteiger partial charge in [-0.2, -0.15) is 0 Å². The van der Waals surface area contributed by atoms with Crippen LogP contribution in [0.25, 0.3) is 33.3 Å². The Kier molecular flexibility index (Phi) is 7.84. The Bertz CT molecular complexity index is 2930. The molecular formula is C49H34ClN3O6. The fraction of sp³-hybridized carbons (Fsp3) is 0.163. The van der Waals surface area contributed by atoms with Crippen LogP contribution in [0.1, 0.15) is 29.9 Å². The number of hydrogen-bond donors (Lipinski definition) is 1. The minimum absolute atomic E-state index is 0.0865. The average molecular weight is 796 g/mol. The van der Waals surface area contributed by atoms with Gasteiger partial charge in [-0.3, -0.25) is 24.1 Å². The highest BCUT2D eigenvalue weighted by molar-refractivity contribution is 6.32. The Hall–Kier alpha value is -6.84. The maximum atomic E-state index is 15.7. The van der Waals surface area contributed by atoms with Crippen LogP contribution in [0.15, 0.2) is 156 Å². The van der Waals surface area contributed by atoms with Crippen molar-refractivity contribution >= 4 is 68.5 Å². The standard InChI is InChI=1S/C49H34ClN3O6/c50-29-11-8-12-31(25-29)53-46(56)38-26-37-35(43(49(38,48(53)58)28-9-2-1-3-10-28)34-23-24-40(54)33-14-5-4-13-32(33)34)21-22-36-42(37)47(57)52(45(36)55)30-19-17-27(18-20-30)44-51-39-15-6-7-16-41(39)59-44/h1-21,23-25,36-38,42-43,54H,22,26H2/t36-,37+,38-,42-,43-,49+/m0/s1. The Morgan fingerprint density at radius 2 is 1.44 bits per heavy atom. The number of fused-ring (bicyclic) bond motifs is 6. The Morgan fingerprint density at radius 1 is 0.695 bits per heavy atom. The van der Waals surface area contributed by atoms with Crippen molar-refractivity contribution < 1.29 is 28.7 Å². The molecule has 0 radical (unpaired) electrons. The molecule has 9 nitrogen and oxygen atoms in total. The molecule has 3 heterocycles. The lowest BCUT2D eigenvalue weighted by Gasteiger charge is -2.51. The maximum Gasteiger partial charge on any atom is 0.246 e. The SMILES string of the molecule is O=C1[C@H]2[C@H](CC=C3[C@H]2C[C@H]2C(=O)N(c4cccc(Cl)c4)C(=O)[C@@]2(c2ccccc2)[C@H]3c2ccc(O)c3ccccc23)C(=O)N1c1ccc(-c2nc3ccccc3o2)cc1. The van der Waals surface area contributed by atoms with E-state index in [2.05, 4.69) is 4.98 Å². The fourth-order valence-corrected chi connectivity index (χ4v) is 10.8. The number of phenols is 1. The van der Waals surface area contributed by atoms with E-state index < -0.39 is 40.9 Å². The van der Waals surface area contributed by atoms with Gasteiger partial charge in [0.15, 0.2) is 5.58 Å². The van der Waals surface area contributed by atoms with Gasteiger partial charge in [0.05, 0.1) is 34.5 Å². The van der Waals surface area contributed by atoms with Crippen LogP contribution >= 0.6 is 11.6 Å². The van der Waals surface area contributed by atoms with E-state index in [9.17, 15) is 14.7 Å². The number of halogens is 1. The highest BCUT2D eigenvalue weighted by Crippen LogP contribution is 2.65. The number of phenolic OH excluding ortho intramolecular Hbond substituents is 1. The van der Waals surface area contributed by atoms with Gasteiger partial charge in [0.25, 0.3) is 0 Å². The largest absolute Gasteiger partial charge is 0.507 e. The van der Waals surface area contributed by atoms with Crippen LogP contribution in [0.2, 0.25) is 5.02 Å². The number of oxazole rings is 1. The molecule has 4 amide bonds. The maximum absolute atomic E-state index is 15.7. The summed E-state index contributed by atoms with van der Waals surface area (Å²) in [5.74, 6) is -4.55. The van der Waals surface area contributed by atoms with E-state index in [0.29, 0.717) is 44.4 Å². The predicted molar refractivity (Wildman–Crippen MR) is 224 cm³/mol. The quantitative estimate of drug-likeness (QED) is 0.136. The van der Waals surface area contributed by atoms with Crippen molar-refractivity contribution in [3.8, 4) is 17.2 Å². The second kappa shape index (κ2) is 13.1. The zero-order valence-corrected chi connectivity index (χ0v) is 32.1. The van der Waals surface area contributed by atoms with Crippen molar-refractivity contribution in [2.24, 2.45) is 23.7 Å². The zero-order chi connectivity index (χ0) is 40.2. The minimum Gasteiger partial charge on any atom is -0.507 e. The third kappa shape index (κ3) is 5.01. The van der Waals surface area contributed by atoms with Gasteiger partial charge in [-0.15, -0.1) is 0 Å². The fourth-order valence-electron chi connectivity index (χ4n) is 10.6. The van der Waals surface area contributed by atoms with Crippen molar-refractivity contribution in [3.05, 3.63) is 167 Å². The molecule has 6 aromatic carbocycles. The second-order valence-corrected chi connectivity index (χ2v) is 16.3. The van der Waals surface area contributed by atoms with Crippen LogP contribution in [0.3, 0.4) is 0 Å². The summed E-state index contributed by atoms with van der Waals surface area (Å²) in [5.41, 5.74) is 3.70. The molecule has 1 aromatic heterocycles. The predicted octanol–water partition coefficient (Wildman–Crippen LogP) is 9.37. The van der Waals surface area contributed by atoms with E-state index in [1.54, 1.807) is 54.6 Å². The Labute approximate surface area is 343 Å². The number of aromatic nitrogens is 1. The normalized spacial score (nSPS) is 25.0. The van der Waals surface area contributed by atoms with Crippen molar-refractivity contribution in [2.45, 2.75) is 24.2 Å². The van der Waals surface area contributed by atoms with Gasteiger partial charge in [-0.1, -0.05) is 102 Å². The first kappa shape index (κ1) is 35.3. The highest BCUT2D eigenvalue weighted by atomic mass is 35.5. The lowest BCUT2D eigenvalue weighted by molar-refractivity contribution is -0.127. The van der Waals surface area contributed by atoms with Crippen molar-refractivity contribution in [2.75, 3.05) is 9.80 Å². The molecule has 2 aliphatic carbocycles. The number of amides is 4. The van der Waals surface area contributed by atoms with Crippen LogP contribution < -0.4 is 9.80 Å². The highest BCUT2D eigenvalue weighted by Gasteiger charge is 2.70. The van der Waals surface area contributed by atoms with E-state index >= 15 is 9.59 Å². The molecule has 59 heavy (non-hydrogen) atoms. The number of benzene rings is 6. The Balaban J connectivity index is 1.07. The van der Waals surface area contributed by atoms with Crippen LogP contribution in [-0.2, 0) is 24.6 Å². The van der Waals surface area contributed by atoms with Crippen LogP contribution in [0.4, 0.5) is 11.4 Å². The van der Waals surface area contributed by atoms with Crippen molar-refractivity contribution in [3.63, 3.8) is 0 Å². The summed E-state index contributed by atoms with van der Waals surface area (Å²) in [6.07, 6.45) is 2.49. The number of imide groups is 2. The van der Waals surface area contributed by atoms with E-state index in [-0.39, 0.29) is 36.3 Å². The van der Waals surface area contributed by atoms with E-state index in [1.165, 1.54) is 9.80 Å². The summed E-state index contributed by atoms with van der Waals surface area (Å²) < 4.78 is 5.97. The monoisotopic (exact) mass is 795 g/mol. The second-order valence-electron chi connectivity index (χ2n) is 15.9. The summed E-state index contributed by atoms with van der Waals surface area (Å²) in [6, 6.07) is 41.6. The molecule has 6 atom stereocenters. The third-order valence-electron chi connectivity index (χ3n) is 13.1. The number of para-hydroxylation sites is 2. The first-order valence-corrected chi connectivity index (χ1v) is 20.1. The number of carbonyl (C=O) groups excluding carboxylic acids is 4. The average Bonchev–Trinajstić information content (AvgIpc) is 3.88. The zero-order valence-electron chi connectivity index (χ0n) is 31.4. The molecule has 1 N–H and O–H groups in total. The van der Waals surface area contributed by atoms with Crippen molar-refractivity contribution in [1.29, 1.82) is 0 Å². The summed E-state index contributed by atoms with van der Waals surface area (Å²) in [4.78, 5) is 67.3. The Morgan fingerprint density at radius 3 is 2.22 bits per heavy atom. The van der Waals surface area contributed by atoms with E-state index in [0.717, 1.165) is 22.0 Å². The van der Waals surface area contributed by atoms with E-state index in [4.69, 9.17) is 16.0 Å². The molecule has 3 fully saturated rings. The first-order valence-electron chi connectivity index (χ1n) is 19.7. The summed E-state index contributed by atoms with van der Waals surface area (Å²) in [5, 5.41) is 12.8. The number of allylic oxidation sites excluding steroid dienone is 2. The van der Waals surface area contributed by atoms with Crippen LogP contribution in [-0.4, -0.2) is 33.7 Å². The molecule has 2 saturated heterocycles. The molecule has 10 heteroatoms. The lowest BCUT2D eigenvalue weighted by atomic mass is 9.49. The van der Waals surface area contributed by atoms with Gasteiger partial charge < -0.3 is 9.52 Å². The van der Waals surface area contributed by atoms with Gasteiger partial charge in [0.1, 0.15) is 11.3 Å². The summed E-state index contributed by atoms with van der Waals surface area (Å²) in [6.45, 7) is 0. The van der Waals surface area contributed by atoms with Gasteiger partial charge in [0, 0.05) is 21.9 Å². The number of rotatable bonds is 5. The number of hydrogen-bond acceptors (Lipinski definition) is 7. The first-order chi connectivity index (χ1) is 28.8. The smallest absolute Gasteiger partial charge is 0.246 e. The molecule has 7 aromatic rings. The topological polar surface area (TPSA) is 121 Å². The summed E-state index contributed by atoms with van der Waals surface area (Å²) in [7, 11) is 0. The number of nitrogens with zero attached hydrogens (tertiary/aromatic N) is 3. The molecule has 0 bridgehead atoms. The molecule has 1 saturated carbocycles. The summed E-state index contributed by atoms with van der Waals surface area (Å²) >= 11 is 6.47. The molecular weight excluding hydrogens is 762 g/mol.